The van der Waals surface area contributed by atoms with E-state index in [2.05, 4.69) is 0 Å². The minimum atomic E-state index is -0.319. The number of carbonyl (C=O) groups is 1. The number of benzene rings is 3. The Kier molecular flexibility index (Phi) is 4.01. The maximum atomic E-state index is 11.6. The Morgan fingerprint density at radius 3 is 1.55 bits per heavy atom. The first-order valence-electron chi connectivity index (χ1n) is 7.18. The van der Waals surface area contributed by atoms with Crippen LogP contribution >= 0.6 is 0 Å². The molecule has 0 heterocycles. The Balaban J connectivity index is 2.21. The van der Waals surface area contributed by atoms with Crippen molar-refractivity contribution in [1.82, 2.24) is 0 Å². The highest BCUT2D eigenvalue weighted by molar-refractivity contribution is 5.85. The Morgan fingerprint density at radius 1 is 0.682 bits per heavy atom. The van der Waals surface area contributed by atoms with Gasteiger partial charge in [-0.25, -0.2) is 0 Å². The van der Waals surface area contributed by atoms with Gasteiger partial charge in [0.25, 0.3) is 0 Å². The van der Waals surface area contributed by atoms with Crippen LogP contribution in [-0.2, 0) is 4.79 Å². The van der Waals surface area contributed by atoms with Gasteiger partial charge in [-0.05, 0) is 11.1 Å². The highest BCUT2D eigenvalue weighted by Crippen LogP contribution is 2.38. The number of rotatable bonds is 3. The molecule has 0 aliphatic carbocycles. The molecule has 0 spiro atoms. The van der Waals surface area contributed by atoms with Crippen LogP contribution in [0.3, 0.4) is 0 Å². The Morgan fingerprint density at radius 2 is 1.14 bits per heavy atom. The van der Waals surface area contributed by atoms with E-state index in [1.54, 1.807) is 0 Å². The highest BCUT2D eigenvalue weighted by atomic mass is 16.5. The van der Waals surface area contributed by atoms with Crippen LogP contribution in [0.25, 0.3) is 22.3 Å². The molecule has 0 radical (unpaired) electrons. The number of esters is 1. The van der Waals surface area contributed by atoms with Crippen molar-refractivity contribution < 1.29 is 9.53 Å². The van der Waals surface area contributed by atoms with Crippen LogP contribution in [0.4, 0.5) is 0 Å². The van der Waals surface area contributed by atoms with Crippen molar-refractivity contribution >= 4 is 5.97 Å². The maximum absolute atomic E-state index is 11.6. The Bertz CT molecular complexity index is 720. The van der Waals surface area contributed by atoms with Gasteiger partial charge in [0.05, 0.1) is 0 Å². The van der Waals surface area contributed by atoms with Crippen molar-refractivity contribution in [3.8, 4) is 28.0 Å². The van der Waals surface area contributed by atoms with Crippen LogP contribution in [-0.4, -0.2) is 5.97 Å². The normalized spacial score (nSPS) is 10.2. The quantitative estimate of drug-likeness (QED) is 0.503. The minimum absolute atomic E-state index is 0.319. The molecule has 3 aromatic carbocycles. The molecule has 0 saturated carbocycles. The fraction of sp³-hybridized carbons (Fsp3) is 0.0500. The van der Waals surface area contributed by atoms with Crippen LogP contribution < -0.4 is 4.74 Å². The van der Waals surface area contributed by atoms with Crippen LogP contribution in [0, 0.1) is 0 Å². The van der Waals surface area contributed by atoms with Crippen molar-refractivity contribution in [2.75, 3.05) is 0 Å². The second-order valence-corrected chi connectivity index (χ2v) is 5.01. The average molecular weight is 288 g/mol. The molecule has 0 aromatic heterocycles. The second kappa shape index (κ2) is 6.27. The molecular formula is C20H16O2. The zero-order valence-electron chi connectivity index (χ0n) is 12.3. The van der Waals surface area contributed by atoms with Gasteiger partial charge in [-0.2, -0.15) is 0 Å². The summed E-state index contributed by atoms with van der Waals surface area (Å²) in [4.78, 5) is 11.6. The first-order chi connectivity index (χ1) is 10.8. The fourth-order valence-corrected chi connectivity index (χ4v) is 2.48. The lowest BCUT2D eigenvalue weighted by atomic mass is 9.97. The van der Waals surface area contributed by atoms with Crippen molar-refractivity contribution in [2.24, 2.45) is 0 Å². The molecule has 0 N–H and O–H groups in total. The summed E-state index contributed by atoms with van der Waals surface area (Å²) in [6.45, 7) is 1.43. The van der Waals surface area contributed by atoms with Crippen LogP contribution in [0.1, 0.15) is 6.92 Å². The van der Waals surface area contributed by atoms with Crippen LogP contribution in [0.15, 0.2) is 78.9 Å². The molecule has 108 valence electrons. The van der Waals surface area contributed by atoms with Gasteiger partial charge in [0.1, 0.15) is 5.75 Å². The summed E-state index contributed by atoms with van der Waals surface area (Å²) in [5.41, 5.74) is 3.88. The van der Waals surface area contributed by atoms with E-state index < -0.39 is 0 Å². The predicted octanol–water partition coefficient (Wildman–Crippen LogP) is 4.95. The van der Waals surface area contributed by atoms with E-state index in [0.717, 1.165) is 22.3 Å². The smallest absolute Gasteiger partial charge is 0.308 e. The van der Waals surface area contributed by atoms with Crippen molar-refractivity contribution in [3.63, 3.8) is 0 Å². The molecule has 0 bridgehead atoms. The monoisotopic (exact) mass is 288 g/mol. The van der Waals surface area contributed by atoms with E-state index in [0.29, 0.717) is 5.75 Å². The van der Waals surface area contributed by atoms with Crippen molar-refractivity contribution in [3.05, 3.63) is 78.9 Å². The molecular weight excluding hydrogens is 272 g/mol. The van der Waals surface area contributed by atoms with Gasteiger partial charge < -0.3 is 4.74 Å². The van der Waals surface area contributed by atoms with Gasteiger partial charge in [0.15, 0.2) is 0 Å². The van der Waals surface area contributed by atoms with E-state index in [9.17, 15) is 4.79 Å². The summed E-state index contributed by atoms with van der Waals surface area (Å²) in [5.74, 6) is 0.285. The Hall–Kier alpha value is -2.87. The maximum Gasteiger partial charge on any atom is 0.308 e. The lowest BCUT2D eigenvalue weighted by Gasteiger charge is -2.14. The minimum Gasteiger partial charge on any atom is -0.425 e. The lowest BCUT2D eigenvalue weighted by molar-refractivity contribution is -0.131. The standard InChI is InChI=1S/C20H16O2/c1-15(21)22-20-18(16-9-4-2-5-10-16)13-8-14-19(20)17-11-6-3-7-12-17/h2-14H,1H3. The first kappa shape index (κ1) is 14.1. The van der Waals surface area contributed by atoms with Crippen LogP contribution in [0.2, 0.25) is 0 Å². The van der Waals surface area contributed by atoms with Gasteiger partial charge in [-0.3, -0.25) is 4.79 Å². The molecule has 0 unspecified atom stereocenters. The molecule has 0 saturated heterocycles. The highest BCUT2D eigenvalue weighted by Gasteiger charge is 2.14. The zero-order chi connectivity index (χ0) is 15.4. The van der Waals surface area contributed by atoms with Crippen LogP contribution in [0.5, 0.6) is 5.75 Å². The van der Waals surface area contributed by atoms with Crippen molar-refractivity contribution in [2.45, 2.75) is 6.92 Å². The number of hydrogen-bond donors (Lipinski definition) is 0. The fourth-order valence-electron chi connectivity index (χ4n) is 2.48. The largest absolute Gasteiger partial charge is 0.425 e. The molecule has 2 heteroatoms. The number of ether oxygens (including phenoxy) is 1. The number of carbonyl (C=O) groups excluding carboxylic acids is 1. The summed E-state index contributed by atoms with van der Waals surface area (Å²) in [7, 11) is 0. The van der Waals surface area contributed by atoms with E-state index in [1.165, 1.54) is 6.92 Å². The molecule has 0 amide bonds. The average Bonchev–Trinajstić information content (AvgIpc) is 2.56. The molecule has 3 rings (SSSR count). The first-order valence-corrected chi connectivity index (χ1v) is 7.18. The third kappa shape index (κ3) is 2.91. The van der Waals surface area contributed by atoms with Gasteiger partial charge in [-0.1, -0.05) is 78.9 Å². The molecule has 0 fully saturated rings. The molecule has 22 heavy (non-hydrogen) atoms. The summed E-state index contributed by atoms with van der Waals surface area (Å²) >= 11 is 0. The molecule has 0 aliphatic rings. The van der Waals surface area contributed by atoms with E-state index in [-0.39, 0.29) is 5.97 Å². The molecule has 3 aromatic rings. The predicted molar refractivity (Wildman–Crippen MR) is 88.6 cm³/mol. The number of hydrogen-bond acceptors (Lipinski definition) is 2. The Labute approximate surface area is 130 Å². The molecule has 2 nitrogen and oxygen atoms in total. The van der Waals surface area contributed by atoms with E-state index in [1.807, 2.05) is 78.9 Å². The van der Waals surface area contributed by atoms with Gasteiger partial charge in [0, 0.05) is 18.1 Å². The van der Waals surface area contributed by atoms with Gasteiger partial charge in [-0.15, -0.1) is 0 Å². The zero-order valence-corrected chi connectivity index (χ0v) is 12.3. The second-order valence-electron chi connectivity index (χ2n) is 5.01. The van der Waals surface area contributed by atoms with Gasteiger partial charge >= 0.3 is 5.97 Å². The summed E-state index contributed by atoms with van der Waals surface area (Å²) in [5, 5.41) is 0. The van der Waals surface area contributed by atoms with E-state index in [4.69, 9.17) is 4.74 Å². The third-order valence-corrected chi connectivity index (χ3v) is 3.43. The van der Waals surface area contributed by atoms with Gasteiger partial charge in [0.2, 0.25) is 0 Å². The molecule has 0 aliphatic heterocycles. The summed E-state index contributed by atoms with van der Waals surface area (Å²) in [6, 6.07) is 25.8. The number of para-hydroxylation sites is 1. The van der Waals surface area contributed by atoms with Crippen molar-refractivity contribution in [1.29, 1.82) is 0 Å². The third-order valence-electron chi connectivity index (χ3n) is 3.43. The topological polar surface area (TPSA) is 26.3 Å². The molecule has 0 atom stereocenters. The van der Waals surface area contributed by atoms with E-state index >= 15 is 0 Å². The summed E-state index contributed by atoms with van der Waals surface area (Å²) < 4.78 is 5.55. The lowest BCUT2D eigenvalue weighted by Crippen LogP contribution is -2.04. The summed E-state index contributed by atoms with van der Waals surface area (Å²) in [6.07, 6.45) is 0. The SMILES string of the molecule is CC(=O)Oc1c(-c2ccccc2)cccc1-c1ccccc1.